The van der Waals surface area contributed by atoms with Crippen molar-refractivity contribution in [1.82, 2.24) is 10.3 Å². The molecule has 0 saturated heterocycles. The van der Waals surface area contributed by atoms with E-state index >= 15 is 0 Å². The molecule has 0 fully saturated rings. The lowest BCUT2D eigenvalue weighted by Gasteiger charge is -2.20. The maximum Gasteiger partial charge on any atom is 0.131 e. The average molecular weight is 276 g/mol. The average Bonchev–Trinajstić information content (AvgIpc) is 2.42. The molecule has 2 nitrogen and oxygen atoms in total. The molecule has 1 aromatic heterocycles. The van der Waals surface area contributed by atoms with Gasteiger partial charge in [-0.3, -0.25) is 4.98 Å². The highest BCUT2D eigenvalue weighted by Crippen LogP contribution is 2.25. The number of hydrogen-bond donors (Lipinski definition) is 1. The molecule has 1 unspecified atom stereocenters. The maximum absolute atomic E-state index is 14.0. The van der Waals surface area contributed by atoms with Gasteiger partial charge in [0.15, 0.2) is 0 Å². The lowest BCUT2D eigenvalue weighted by atomic mass is 9.99. The third-order valence-corrected chi connectivity index (χ3v) is 3.20. The Labute approximate surface area is 117 Å². The zero-order chi connectivity index (χ0) is 14.5. The van der Waals surface area contributed by atoms with Crippen LogP contribution in [0, 0.1) is 18.6 Å². The van der Waals surface area contributed by atoms with Gasteiger partial charge in [-0.15, -0.1) is 0 Å². The summed E-state index contributed by atoms with van der Waals surface area (Å²) in [6, 6.07) is 7.08. The number of rotatable bonds is 5. The van der Waals surface area contributed by atoms with Crippen molar-refractivity contribution in [3.63, 3.8) is 0 Å². The number of halogens is 2. The minimum atomic E-state index is -0.571. The van der Waals surface area contributed by atoms with Gasteiger partial charge in [-0.25, -0.2) is 8.78 Å². The minimum absolute atomic E-state index is 0.364. The van der Waals surface area contributed by atoms with Crippen molar-refractivity contribution in [2.24, 2.45) is 0 Å². The molecule has 1 aromatic carbocycles. The van der Waals surface area contributed by atoms with Gasteiger partial charge in [0.25, 0.3) is 0 Å². The summed E-state index contributed by atoms with van der Waals surface area (Å²) >= 11 is 0. The lowest BCUT2D eigenvalue weighted by Crippen LogP contribution is -2.25. The molecule has 0 aliphatic rings. The summed E-state index contributed by atoms with van der Waals surface area (Å²) < 4.78 is 27.1. The van der Waals surface area contributed by atoms with E-state index in [0.717, 1.165) is 30.3 Å². The summed E-state index contributed by atoms with van der Waals surface area (Å²) in [5.74, 6) is -1.12. The quantitative estimate of drug-likeness (QED) is 0.899. The molecule has 1 atom stereocenters. The highest BCUT2D eigenvalue weighted by atomic mass is 19.1. The molecule has 4 heteroatoms. The van der Waals surface area contributed by atoms with Crippen LogP contribution < -0.4 is 5.32 Å². The molecule has 0 aliphatic carbocycles. The fourth-order valence-corrected chi connectivity index (χ4v) is 2.18. The fraction of sp³-hybridized carbons (Fsp3) is 0.312. The predicted molar refractivity (Wildman–Crippen MR) is 75.5 cm³/mol. The molecule has 0 spiro atoms. The summed E-state index contributed by atoms with van der Waals surface area (Å²) in [7, 11) is 0. The molecule has 20 heavy (non-hydrogen) atoms. The summed E-state index contributed by atoms with van der Waals surface area (Å²) in [5.41, 5.74) is 2.16. The van der Waals surface area contributed by atoms with Crippen LogP contribution >= 0.6 is 0 Å². The Morgan fingerprint density at radius 2 is 2.05 bits per heavy atom. The van der Waals surface area contributed by atoms with Crippen LogP contribution in [0.4, 0.5) is 8.78 Å². The number of aromatic nitrogens is 1. The maximum atomic E-state index is 14.0. The predicted octanol–water partition coefficient (Wildman–Crippen LogP) is 3.76. The third-order valence-electron chi connectivity index (χ3n) is 3.20. The molecule has 0 saturated carbocycles. The van der Waals surface area contributed by atoms with Crippen molar-refractivity contribution in [3.05, 3.63) is 65.0 Å². The number of aryl methyl sites for hydroxylation is 1. The Bertz CT molecular complexity index is 584. The van der Waals surface area contributed by atoms with Crippen LogP contribution in [0.1, 0.15) is 36.2 Å². The number of hydrogen-bond acceptors (Lipinski definition) is 2. The summed E-state index contributed by atoms with van der Waals surface area (Å²) in [6.45, 7) is 4.71. The fourth-order valence-electron chi connectivity index (χ4n) is 2.18. The van der Waals surface area contributed by atoms with Gasteiger partial charge in [-0.05, 0) is 37.6 Å². The third kappa shape index (κ3) is 3.20. The largest absolute Gasteiger partial charge is 0.305 e. The van der Waals surface area contributed by atoms with Crippen molar-refractivity contribution < 1.29 is 8.78 Å². The zero-order valence-electron chi connectivity index (χ0n) is 11.7. The van der Waals surface area contributed by atoms with E-state index < -0.39 is 11.6 Å². The second kappa shape index (κ2) is 6.57. The van der Waals surface area contributed by atoms with Crippen molar-refractivity contribution in [3.8, 4) is 0 Å². The van der Waals surface area contributed by atoms with Gasteiger partial charge in [-0.1, -0.05) is 19.1 Å². The normalized spacial score (nSPS) is 12.4. The Morgan fingerprint density at radius 3 is 2.70 bits per heavy atom. The summed E-state index contributed by atoms with van der Waals surface area (Å²) in [5, 5.41) is 3.28. The van der Waals surface area contributed by atoms with E-state index in [-0.39, 0.29) is 6.04 Å². The van der Waals surface area contributed by atoms with Crippen LogP contribution in [-0.2, 0) is 0 Å². The lowest BCUT2D eigenvalue weighted by molar-refractivity contribution is 0.526. The second-order valence-corrected chi connectivity index (χ2v) is 4.76. The van der Waals surface area contributed by atoms with Gasteiger partial charge in [0, 0.05) is 17.8 Å². The number of nitrogens with one attached hydrogen (secondary N) is 1. The first-order valence-corrected chi connectivity index (χ1v) is 6.73. The van der Waals surface area contributed by atoms with Gasteiger partial charge in [0.1, 0.15) is 11.6 Å². The van der Waals surface area contributed by atoms with E-state index in [4.69, 9.17) is 0 Å². The van der Waals surface area contributed by atoms with E-state index in [9.17, 15) is 8.78 Å². The first-order valence-electron chi connectivity index (χ1n) is 6.73. The van der Waals surface area contributed by atoms with Crippen molar-refractivity contribution in [1.29, 1.82) is 0 Å². The van der Waals surface area contributed by atoms with E-state index in [1.54, 1.807) is 6.20 Å². The summed E-state index contributed by atoms with van der Waals surface area (Å²) in [6.07, 6.45) is 2.61. The molecular weight excluding hydrogens is 258 g/mol. The van der Waals surface area contributed by atoms with Crippen molar-refractivity contribution in [2.45, 2.75) is 26.3 Å². The van der Waals surface area contributed by atoms with E-state index in [0.29, 0.717) is 5.56 Å². The van der Waals surface area contributed by atoms with Crippen LogP contribution in [0.3, 0.4) is 0 Å². The molecule has 0 aliphatic heterocycles. The smallest absolute Gasteiger partial charge is 0.131 e. The Hall–Kier alpha value is -1.81. The van der Waals surface area contributed by atoms with Crippen LogP contribution in [0.15, 0.2) is 36.5 Å². The summed E-state index contributed by atoms with van der Waals surface area (Å²) in [4.78, 5) is 4.35. The molecule has 0 radical (unpaired) electrons. The van der Waals surface area contributed by atoms with Crippen LogP contribution in [0.5, 0.6) is 0 Å². The molecule has 2 rings (SSSR count). The first-order chi connectivity index (χ1) is 9.63. The Balaban J connectivity index is 2.44. The number of benzene rings is 1. The second-order valence-electron chi connectivity index (χ2n) is 4.76. The molecule has 0 amide bonds. The van der Waals surface area contributed by atoms with Crippen LogP contribution in [-0.4, -0.2) is 11.5 Å². The van der Waals surface area contributed by atoms with Crippen molar-refractivity contribution >= 4 is 0 Å². The van der Waals surface area contributed by atoms with Gasteiger partial charge >= 0.3 is 0 Å². The molecule has 1 heterocycles. The number of nitrogens with zero attached hydrogens (tertiary/aromatic N) is 1. The van der Waals surface area contributed by atoms with Gasteiger partial charge < -0.3 is 5.32 Å². The Morgan fingerprint density at radius 1 is 1.25 bits per heavy atom. The van der Waals surface area contributed by atoms with Gasteiger partial charge in [0.2, 0.25) is 0 Å². The topological polar surface area (TPSA) is 24.9 Å². The number of pyridine rings is 1. The molecule has 2 aromatic rings. The zero-order valence-corrected chi connectivity index (χ0v) is 11.7. The molecular formula is C16H18F2N2. The molecule has 1 N–H and O–H groups in total. The van der Waals surface area contributed by atoms with E-state index in [1.165, 1.54) is 12.1 Å². The highest BCUT2D eigenvalue weighted by molar-refractivity contribution is 5.33. The van der Waals surface area contributed by atoms with E-state index in [2.05, 4.69) is 10.3 Å². The molecule has 0 bridgehead atoms. The highest BCUT2D eigenvalue weighted by Gasteiger charge is 2.20. The van der Waals surface area contributed by atoms with Gasteiger partial charge in [-0.2, -0.15) is 0 Å². The van der Waals surface area contributed by atoms with Crippen LogP contribution in [0.25, 0.3) is 0 Å². The standard InChI is InChI=1S/C16H18F2N2/c1-3-8-19-16(15-11(2)5-4-9-20-15)13-7-6-12(17)10-14(13)18/h4-7,9-10,16,19H,3,8H2,1-2H3. The first kappa shape index (κ1) is 14.6. The van der Waals surface area contributed by atoms with Crippen molar-refractivity contribution in [2.75, 3.05) is 6.54 Å². The van der Waals surface area contributed by atoms with E-state index in [1.807, 2.05) is 26.0 Å². The van der Waals surface area contributed by atoms with Gasteiger partial charge in [0.05, 0.1) is 11.7 Å². The minimum Gasteiger partial charge on any atom is -0.305 e. The molecule has 106 valence electrons. The SMILES string of the molecule is CCCNC(c1ccc(F)cc1F)c1ncccc1C. The monoisotopic (exact) mass is 276 g/mol. The van der Waals surface area contributed by atoms with Crippen LogP contribution in [0.2, 0.25) is 0 Å². The Kier molecular flexibility index (Phi) is 4.79.